The number of rotatable bonds is 3. The van der Waals surface area contributed by atoms with Crippen LogP contribution in [-0.2, 0) is 0 Å². The second-order valence-corrected chi connectivity index (χ2v) is 6.52. The topological polar surface area (TPSA) is 37.8 Å². The number of benzene rings is 1. The van der Waals surface area contributed by atoms with E-state index < -0.39 is 0 Å². The van der Waals surface area contributed by atoms with Gasteiger partial charge in [-0.1, -0.05) is 0 Å². The Kier molecular flexibility index (Phi) is 3.67. The van der Waals surface area contributed by atoms with Gasteiger partial charge < -0.3 is 5.32 Å². The van der Waals surface area contributed by atoms with Gasteiger partial charge in [0.05, 0.1) is 9.30 Å². The van der Waals surface area contributed by atoms with Crippen LogP contribution in [0.25, 0.3) is 22.3 Å². The first-order valence-corrected chi connectivity index (χ1v) is 7.80. The second kappa shape index (κ2) is 5.46. The van der Waals surface area contributed by atoms with Gasteiger partial charge in [0.15, 0.2) is 5.82 Å². The highest BCUT2D eigenvalue weighted by molar-refractivity contribution is 9.11. The Hall–Kier alpha value is -1.53. The zero-order chi connectivity index (χ0) is 14.1. The number of hydrogen-bond donors (Lipinski definition) is 1. The smallest absolute Gasteiger partial charge is 0.163 e. The van der Waals surface area contributed by atoms with Gasteiger partial charge in [-0.05, 0) is 47.1 Å². The average Bonchev–Trinajstić information content (AvgIpc) is 2.86. The van der Waals surface area contributed by atoms with Crippen molar-refractivity contribution in [3.05, 3.63) is 39.2 Å². The predicted octanol–water partition coefficient (Wildman–Crippen LogP) is 4.69. The van der Waals surface area contributed by atoms with Crippen molar-refractivity contribution in [1.82, 2.24) is 9.97 Å². The first kappa shape index (κ1) is 13.5. The van der Waals surface area contributed by atoms with Crippen LogP contribution in [0.5, 0.6) is 0 Å². The number of nitrogens with one attached hydrogen (secondary N) is 1. The second-order valence-electron chi connectivity index (χ2n) is 4.23. The molecule has 2 aromatic heterocycles. The molecule has 3 nitrogen and oxygen atoms in total. The maximum absolute atomic E-state index is 13.4. The molecule has 3 rings (SSSR count). The van der Waals surface area contributed by atoms with Crippen LogP contribution in [0.4, 0.5) is 10.2 Å². The molecule has 0 aliphatic rings. The largest absolute Gasteiger partial charge is 0.370 e. The molecule has 0 unspecified atom stereocenters. The van der Waals surface area contributed by atoms with Gasteiger partial charge >= 0.3 is 0 Å². The minimum atomic E-state index is -0.286. The average molecular weight is 352 g/mol. The number of anilines is 1. The summed E-state index contributed by atoms with van der Waals surface area (Å²) in [5, 5.41) is 5.86. The van der Waals surface area contributed by atoms with Gasteiger partial charge in [-0.2, -0.15) is 0 Å². The van der Waals surface area contributed by atoms with Crippen LogP contribution in [0, 0.1) is 5.82 Å². The van der Waals surface area contributed by atoms with Gasteiger partial charge in [-0.15, -0.1) is 11.3 Å². The third-order valence-electron chi connectivity index (χ3n) is 2.83. The molecule has 0 aliphatic carbocycles. The van der Waals surface area contributed by atoms with Crippen LogP contribution >= 0.6 is 27.3 Å². The Balaban J connectivity index is 2.22. The number of aromatic nitrogens is 2. The summed E-state index contributed by atoms with van der Waals surface area (Å²) in [6.07, 6.45) is 0. The quantitative estimate of drug-likeness (QED) is 0.743. The van der Waals surface area contributed by atoms with Crippen molar-refractivity contribution in [2.45, 2.75) is 6.92 Å². The summed E-state index contributed by atoms with van der Waals surface area (Å²) in [7, 11) is 0. The summed E-state index contributed by atoms with van der Waals surface area (Å²) in [5.41, 5.74) is 1.68. The van der Waals surface area contributed by atoms with E-state index in [1.807, 2.05) is 18.4 Å². The summed E-state index contributed by atoms with van der Waals surface area (Å²) in [5.74, 6) is 1.02. The van der Waals surface area contributed by atoms with Crippen molar-refractivity contribution >= 4 is 44.0 Å². The number of thiophene rings is 1. The van der Waals surface area contributed by atoms with Crippen molar-refractivity contribution in [2.75, 3.05) is 11.9 Å². The maximum atomic E-state index is 13.4. The van der Waals surface area contributed by atoms with Gasteiger partial charge in [0.25, 0.3) is 0 Å². The molecule has 3 aromatic rings. The Morgan fingerprint density at radius 1 is 1.30 bits per heavy atom. The Morgan fingerprint density at radius 3 is 2.85 bits per heavy atom. The van der Waals surface area contributed by atoms with Crippen LogP contribution in [0.3, 0.4) is 0 Å². The van der Waals surface area contributed by atoms with E-state index in [0.29, 0.717) is 17.0 Å². The third-order valence-corrected chi connectivity index (χ3v) is 4.33. The maximum Gasteiger partial charge on any atom is 0.163 e. The zero-order valence-corrected chi connectivity index (χ0v) is 13.1. The van der Waals surface area contributed by atoms with E-state index in [9.17, 15) is 4.39 Å². The van der Waals surface area contributed by atoms with E-state index in [1.165, 1.54) is 12.1 Å². The highest BCUT2D eigenvalue weighted by Gasteiger charge is 2.11. The molecule has 0 fully saturated rings. The molecule has 0 bridgehead atoms. The predicted molar refractivity (Wildman–Crippen MR) is 84.7 cm³/mol. The Labute approximate surface area is 128 Å². The Bertz CT molecular complexity index is 772. The molecule has 2 heterocycles. The molecule has 0 saturated carbocycles. The number of halogens is 2. The van der Waals surface area contributed by atoms with E-state index >= 15 is 0 Å². The SMILES string of the molecule is CCNc1nc(-c2csc(Br)c2)nc2ccc(F)cc12. The molecule has 0 aliphatic heterocycles. The molecule has 6 heteroatoms. The van der Waals surface area contributed by atoms with Crippen molar-refractivity contribution in [3.63, 3.8) is 0 Å². The molecule has 20 heavy (non-hydrogen) atoms. The van der Waals surface area contributed by atoms with Gasteiger partial charge in [0, 0.05) is 22.9 Å². The third kappa shape index (κ3) is 2.53. The molecule has 0 spiro atoms. The molecule has 0 saturated heterocycles. The fraction of sp³-hybridized carbons (Fsp3) is 0.143. The van der Waals surface area contributed by atoms with Crippen LogP contribution in [-0.4, -0.2) is 16.5 Å². The van der Waals surface area contributed by atoms with Crippen molar-refractivity contribution in [1.29, 1.82) is 0 Å². The van der Waals surface area contributed by atoms with Gasteiger partial charge in [-0.25, -0.2) is 14.4 Å². The molecular weight excluding hydrogens is 341 g/mol. The van der Waals surface area contributed by atoms with Crippen LogP contribution < -0.4 is 5.32 Å². The highest BCUT2D eigenvalue weighted by Crippen LogP contribution is 2.30. The molecule has 0 atom stereocenters. The molecular formula is C14H11BrFN3S. The van der Waals surface area contributed by atoms with Crippen LogP contribution in [0.15, 0.2) is 33.4 Å². The molecule has 102 valence electrons. The molecule has 0 radical (unpaired) electrons. The zero-order valence-electron chi connectivity index (χ0n) is 10.7. The first-order chi connectivity index (χ1) is 9.67. The van der Waals surface area contributed by atoms with E-state index in [4.69, 9.17) is 0 Å². The summed E-state index contributed by atoms with van der Waals surface area (Å²) >= 11 is 5.02. The van der Waals surface area contributed by atoms with E-state index in [1.54, 1.807) is 17.4 Å². The van der Waals surface area contributed by atoms with Crippen molar-refractivity contribution in [3.8, 4) is 11.4 Å². The van der Waals surface area contributed by atoms with Gasteiger partial charge in [0.2, 0.25) is 0 Å². The molecule has 0 amide bonds. The summed E-state index contributed by atoms with van der Waals surface area (Å²) in [6, 6.07) is 6.53. The van der Waals surface area contributed by atoms with E-state index in [0.717, 1.165) is 21.4 Å². The van der Waals surface area contributed by atoms with Crippen LogP contribution in [0.2, 0.25) is 0 Å². The minimum absolute atomic E-state index is 0.286. The molecule has 1 aromatic carbocycles. The Morgan fingerprint density at radius 2 is 2.15 bits per heavy atom. The van der Waals surface area contributed by atoms with Gasteiger partial charge in [-0.3, -0.25) is 0 Å². The monoisotopic (exact) mass is 351 g/mol. The van der Waals surface area contributed by atoms with Crippen molar-refractivity contribution < 1.29 is 4.39 Å². The number of fused-ring (bicyclic) bond motifs is 1. The lowest BCUT2D eigenvalue weighted by atomic mass is 10.2. The van der Waals surface area contributed by atoms with E-state index in [-0.39, 0.29) is 5.82 Å². The fourth-order valence-electron chi connectivity index (χ4n) is 1.96. The minimum Gasteiger partial charge on any atom is -0.370 e. The number of nitrogens with zero attached hydrogens (tertiary/aromatic N) is 2. The summed E-state index contributed by atoms with van der Waals surface area (Å²) < 4.78 is 14.4. The number of hydrogen-bond acceptors (Lipinski definition) is 4. The molecule has 1 N–H and O–H groups in total. The fourth-order valence-corrected chi connectivity index (χ4v) is 3.09. The highest BCUT2D eigenvalue weighted by atomic mass is 79.9. The van der Waals surface area contributed by atoms with Gasteiger partial charge in [0.1, 0.15) is 11.6 Å². The lowest BCUT2D eigenvalue weighted by Crippen LogP contribution is -2.03. The lowest BCUT2D eigenvalue weighted by Gasteiger charge is -2.09. The summed E-state index contributed by atoms with van der Waals surface area (Å²) in [6.45, 7) is 2.70. The van der Waals surface area contributed by atoms with Crippen LogP contribution in [0.1, 0.15) is 6.92 Å². The summed E-state index contributed by atoms with van der Waals surface area (Å²) in [4.78, 5) is 9.02. The first-order valence-electron chi connectivity index (χ1n) is 6.13. The van der Waals surface area contributed by atoms with Crippen molar-refractivity contribution in [2.24, 2.45) is 0 Å². The van der Waals surface area contributed by atoms with E-state index in [2.05, 4.69) is 31.2 Å². The normalized spacial score (nSPS) is 10.9. The standard InChI is InChI=1S/C14H11BrFN3S/c1-2-17-14-10-6-9(16)3-4-11(10)18-13(19-14)8-5-12(15)20-7-8/h3-7H,2H2,1H3,(H,17,18,19). The lowest BCUT2D eigenvalue weighted by molar-refractivity contribution is 0.629.